The summed E-state index contributed by atoms with van der Waals surface area (Å²) in [5, 5.41) is 4.07. The largest absolute Gasteiger partial charge is 0.494 e. The van der Waals surface area contributed by atoms with Crippen molar-refractivity contribution in [2.24, 2.45) is 0 Å². The SMILES string of the molecule is COc1cc(NC(=O)Cn2c3ccccc3c(=O)c3ccccc32)ccc1N1CCCC1=O. The molecule has 0 aliphatic carbocycles. The quantitative estimate of drug-likeness (QED) is 0.476. The molecular weight excluding hydrogens is 418 g/mol. The van der Waals surface area contributed by atoms with Gasteiger partial charge in [-0.2, -0.15) is 0 Å². The Morgan fingerprint density at radius 3 is 2.24 bits per heavy atom. The molecule has 1 aliphatic heterocycles. The van der Waals surface area contributed by atoms with E-state index in [0.29, 0.717) is 51.9 Å². The first-order valence-corrected chi connectivity index (χ1v) is 10.9. The Kier molecular flexibility index (Phi) is 5.30. The molecule has 166 valence electrons. The summed E-state index contributed by atoms with van der Waals surface area (Å²) in [6.07, 6.45) is 1.35. The van der Waals surface area contributed by atoms with Crippen LogP contribution in [0.15, 0.2) is 71.5 Å². The first-order valence-electron chi connectivity index (χ1n) is 10.9. The van der Waals surface area contributed by atoms with E-state index in [1.807, 2.05) is 41.0 Å². The van der Waals surface area contributed by atoms with Crippen LogP contribution in [0.5, 0.6) is 5.75 Å². The van der Waals surface area contributed by atoms with Gasteiger partial charge in [-0.3, -0.25) is 14.4 Å². The highest BCUT2D eigenvalue weighted by Gasteiger charge is 2.24. The number of benzene rings is 3. The van der Waals surface area contributed by atoms with Crippen LogP contribution in [-0.2, 0) is 16.1 Å². The number of nitrogens with zero attached hydrogens (tertiary/aromatic N) is 2. The molecular formula is C26H23N3O4. The van der Waals surface area contributed by atoms with Crippen LogP contribution < -0.4 is 20.4 Å². The lowest BCUT2D eigenvalue weighted by Gasteiger charge is -2.20. The Hall–Kier alpha value is -4.13. The number of nitrogens with one attached hydrogen (secondary N) is 1. The molecule has 33 heavy (non-hydrogen) atoms. The molecule has 0 unspecified atom stereocenters. The van der Waals surface area contributed by atoms with Crippen molar-refractivity contribution in [1.29, 1.82) is 0 Å². The topological polar surface area (TPSA) is 80.6 Å². The van der Waals surface area contributed by atoms with E-state index < -0.39 is 0 Å². The molecule has 4 aromatic rings. The van der Waals surface area contributed by atoms with E-state index in [2.05, 4.69) is 5.32 Å². The van der Waals surface area contributed by atoms with Crippen molar-refractivity contribution in [3.63, 3.8) is 0 Å². The molecule has 0 atom stereocenters. The Balaban J connectivity index is 1.47. The lowest BCUT2D eigenvalue weighted by molar-refractivity contribution is -0.117. The summed E-state index contributed by atoms with van der Waals surface area (Å²) in [6, 6.07) is 19.9. The van der Waals surface area contributed by atoms with Crippen LogP contribution in [-0.4, -0.2) is 30.0 Å². The van der Waals surface area contributed by atoms with Crippen molar-refractivity contribution < 1.29 is 14.3 Å². The third-order valence-electron chi connectivity index (χ3n) is 6.01. The van der Waals surface area contributed by atoms with Crippen molar-refractivity contribution in [1.82, 2.24) is 4.57 Å². The number of ether oxygens (including phenoxy) is 1. The van der Waals surface area contributed by atoms with Crippen molar-refractivity contribution in [3.8, 4) is 5.75 Å². The van der Waals surface area contributed by atoms with E-state index in [-0.39, 0.29) is 23.8 Å². The molecule has 1 saturated heterocycles. The average Bonchev–Trinajstić information content (AvgIpc) is 3.27. The maximum Gasteiger partial charge on any atom is 0.244 e. The van der Waals surface area contributed by atoms with E-state index >= 15 is 0 Å². The molecule has 2 heterocycles. The first-order chi connectivity index (χ1) is 16.1. The maximum atomic E-state index is 13.0. The van der Waals surface area contributed by atoms with Crippen LogP contribution in [0.1, 0.15) is 12.8 Å². The van der Waals surface area contributed by atoms with E-state index in [4.69, 9.17) is 4.74 Å². The second kappa shape index (κ2) is 8.43. The summed E-state index contributed by atoms with van der Waals surface area (Å²) in [6.45, 7) is 0.698. The molecule has 3 aromatic carbocycles. The van der Waals surface area contributed by atoms with Gasteiger partial charge in [0.15, 0.2) is 5.43 Å². The lowest BCUT2D eigenvalue weighted by Crippen LogP contribution is -2.24. The third-order valence-corrected chi connectivity index (χ3v) is 6.01. The van der Waals surface area contributed by atoms with Gasteiger partial charge in [0.05, 0.1) is 23.8 Å². The van der Waals surface area contributed by atoms with E-state index in [1.54, 1.807) is 42.3 Å². The fraction of sp³-hybridized carbons (Fsp3) is 0.192. The second-order valence-electron chi connectivity index (χ2n) is 8.03. The summed E-state index contributed by atoms with van der Waals surface area (Å²) in [5.41, 5.74) is 2.64. The number of amides is 2. The molecule has 1 N–H and O–H groups in total. The van der Waals surface area contributed by atoms with E-state index in [1.165, 1.54) is 0 Å². The number of hydrogen-bond donors (Lipinski definition) is 1. The summed E-state index contributed by atoms with van der Waals surface area (Å²) in [7, 11) is 1.55. The fourth-order valence-electron chi connectivity index (χ4n) is 4.47. The van der Waals surface area contributed by atoms with Crippen LogP contribution in [0.2, 0.25) is 0 Å². The second-order valence-corrected chi connectivity index (χ2v) is 8.03. The Labute approximate surface area is 190 Å². The lowest BCUT2D eigenvalue weighted by atomic mass is 10.1. The highest BCUT2D eigenvalue weighted by atomic mass is 16.5. The van der Waals surface area contributed by atoms with Gasteiger partial charge in [-0.1, -0.05) is 24.3 Å². The number of para-hydroxylation sites is 2. The minimum atomic E-state index is -0.235. The van der Waals surface area contributed by atoms with Crippen LogP contribution in [0.25, 0.3) is 21.8 Å². The van der Waals surface area contributed by atoms with Gasteiger partial charge in [0, 0.05) is 35.5 Å². The minimum Gasteiger partial charge on any atom is -0.494 e. The number of carbonyl (C=O) groups excluding carboxylic acids is 2. The molecule has 5 rings (SSSR count). The number of hydrogen-bond acceptors (Lipinski definition) is 4. The molecule has 1 aromatic heterocycles. The molecule has 1 fully saturated rings. The molecule has 2 amide bonds. The molecule has 7 heteroatoms. The number of rotatable bonds is 5. The highest BCUT2D eigenvalue weighted by molar-refractivity contribution is 5.99. The van der Waals surface area contributed by atoms with E-state index in [0.717, 1.165) is 6.42 Å². The predicted octanol–water partition coefficient (Wildman–Crippen LogP) is 3.93. The van der Waals surface area contributed by atoms with Crippen LogP contribution in [0.3, 0.4) is 0 Å². The van der Waals surface area contributed by atoms with Crippen LogP contribution in [0.4, 0.5) is 11.4 Å². The number of pyridine rings is 1. The average molecular weight is 441 g/mol. The van der Waals surface area contributed by atoms with Gasteiger partial charge in [-0.15, -0.1) is 0 Å². The van der Waals surface area contributed by atoms with Gasteiger partial charge in [0.2, 0.25) is 11.8 Å². The van der Waals surface area contributed by atoms with E-state index in [9.17, 15) is 14.4 Å². The third kappa shape index (κ3) is 3.71. The number of fused-ring (bicyclic) bond motifs is 2. The Morgan fingerprint density at radius 1 is 0.970 bits per heavy atom. The van der Waals surface area contributed by atoms with Gasteiger partial charge in [-0.05, 0) is 42.8 Å². The molecule has 0 saturated carbocycles. The normalized spacial score (nSPS) is 13.6. The summed E-state index contributed by atoms with van der Waals surface area (Å²) in [5.74, 6) is 0.366. The first kappa shape index (κ1) is 20.8. The van der Waals surface area contributed by atoms with Gasteiger partial charge < -0.3 is 19.5 Å². The standard InChI is InChI=1S/C26H23N3O4/c1-33-23-15-17(12-13-22(23)28-14-6-11-25(28)31)27-24(30)16-29-20-9-4-2-7-18(20)26(32)19-8-3-5-10-21(19)29/h2-5,7-10,12-13,15H,6,11,14,16H2,1H3,(H,27,30). The highest BCUT2D eigenvalue weighted by Crippen LogP contribution is 2.34. The number of carbonyl (C=O) groups is 2. The maximum absolute atomic E-state index is 13.0. The number of anilines is 2. The Morgan fingerprint density at radius 2 is 1.64 bits per heavy atom. The monoisotopic (exact) mass is 441 g/mol. The van der Waals surface area contributed by atoms with Gasteiger partial charge in [0.25, 0.3) is 0 Å². The molecule has 0 spiro atoms. The minimum absolute atomic E-state index is 0.0377. The summed E-state index contributed by atoms with van der Waals surface area (Å²) in [4.78, 5) is 39.8. The zero-order chi connectivity index (χ0) is 22.9. The smallest absolute Gasteiger partial charge is 0.244 e. The van der Waals surface area contributed by atoms with Crippen LogP contribution >= 0.6 is 0 Å². The molecule has 7 nitrogen and oxygen atoms in total. The fourth-order valence-corrected chi connectivity index (χ4v) is 4.47. The summed E-state index contributed by atoms with van der Waals surface area (Å²) < 4.78 is 7.35. The molecule has 0 bridgehead atoms. The van der Waals surface area contributed by atoms with Gasteiger partial charge in [0.1, 0.15) is 12.3 Å². The van der Waals surface area contributed by atoms with Crippen LogP contribution in [0, 0.1) is 0 Å². The van der Waals surface area contributed by atoms with Crippen molar-refractivity contribution in [2.45, 2.75) is 19.4 Å². The molecule has 0 radical (unpaired) electrons. The number of methoxy groups -OCH3 is 1. The van der Waals surface area contributed by atoms with Gasteiger partial charge in [-0.25, -0.2) is 0 Å². The van der Waals surface area contributed by atoms with Gasteiger partial charge >= 0.3 is 0 Å². The van der Waals surface area contributed by atoms with Crippen molar-refractivity contribution in [2.75, 3.05) is 23.9 Å². The number of aromatic nitrogens is 1. The molecule has 1 aliphatic rings. The van der Waals surface area contributed by atoms with Crippen molar-refractivity contribution >= 4 is 45.0 Å². The zero-order valence-electron chi connectivity index (χ0n) is 18.2. The predicted molar refractivity (Wildman–Crippen MR) is 129 cm³/mol. The van der Waals surface area contributed by atoms with Crippen molar-refractivity contribution in [3.05, 3.63) is 77.0 Å². The zero-order valence-corrected chi connectivity index (χ0v) is 18.2. The Bertz CT molecular complexity index is 1400. The summed E-state index contributed by atoms with van der Waals surface area (Å²) >= 11 is 0.